The Balaban J connectivity index is 2.59. The van der Waals surface area contributed by atoms with Crippen LogP contribution >= 0.6 is 0 Å². The van der Waals surface area contributed by atoms with Crippen LogP contribution in [0.5, 0.6) is 0 Å². The fourth-order valence-electron chi connectivity index (χ4n) is 3.57. The zero-order chi connectivity index (χ0) is 17.4. The number of ketones is 1. The van der Waals surface area contributed by atoms with E-state index in [-0.39, 0.29) is 23.4 Å². The second-order valence-electron chi connectivity index (χ2n) is 7.82. The molecule has 2 atom stereocenters. The highest BCUT2D eigenvalue weighted by molar-refractivity contribution is 5.99. The van der Waals surface area contributed by atoms with Crippen molar-refractivity contribution >= 4 is 11.5 Å². The van der Waals surface area contributed by atoms with Crippen molar-refractivity contribution < 1.29 is 9.53 Å². The predicted molar refractivity (Wildman–Crippen MR) is 96.7 cm³/mol. The van der Waals surface area contributed by atoms with Gasteiger partial charge in [-0.25, -0.2) is 0 Å². The van der Waals surface area contributed by atoms with Gasteiger partial charge in [0, 0.05) is 30.8 Å². The number of hydrogen-bond donors (Lipinski definition) is 0. The summed E-state index contributed by atoms with van der Waals surface area (Å²) in [4.78, 5) is 14.7. The average molecular weight is 317 g/mol. The molecule has 1 aromatic carbocycles. The number of rotatable bonds is 3. The van der Waals surface area contributed by atoms with Crippen molar-refractivity contribution in [1.29, 1.82) is 0 Å². The Kier molecular flexibility index (Phi) is 5.20. The molecule has 0 spiro atoms. The second kappa shape index (κ2) is 6.64. The van der Waals surface area contributed by atoms with E-state index >= 15 is 0 Å². The van der Waals surface area contributed by atoms with E-state index in [1.807, 2.05) is 13.0 Å². The van der Waals surface area contributed by atoms with E-state index in [0.717, 1.165) is 24.2 Å². The molecular formula is C20H31NO2. The number of ether oxygens (including phenoxy) is 1. The van der Waals surface area contributed by atoms with Crippen LogP contribution < -0.4 is 4.90 Å². The first-order valence-electron chi connectivity index (χ1n) is 8.72. The number of nitrogens with zero attached hydrogens (tertiary/aromatic N) is 1. The SMILES string of the molecule is CCC(=O)c1ccc(C(C)(C)C)c(N2CC(C)OC(C)C2)c1C. The van der Waals surface area contributed by atoms with Crippen molar-refractivity contribution in [3.05, 3.63) is 28.8 Å². The highest BCUT2D eigenvalue weighted by atomic mass is 16.5. The van der Waals surface area contributed by atoms with E-state index in [1.54, 1.807) is 0 Å². The van der Waals surface area contributed by atoms with Gasteiger partial charge in [0.1, 0.15) is 0 Å². The molecule has 1 aromatic rings. The van der Waals surface area contributed by atoms with Crippen LogP contribution in [0.3, 0.4) is 0 Å². The monoisotopic (exact) mass is 317 g/mol. The molecule has 0 amide bonds. The number of anilines is 1. The van der Waals surface area contributed by atoms with Crippen LogP contribution in [0.2, 0.25) is 0 Å². The van der Waals surface area contributed by atoms with Crippen LogP contribution in [0.1, 0.15) is 69.4 Å². The Morgan fingerprint density at radius 1 is 1.22 bits per heavy atom. The van der Waals surface area contributed by atoms with Crippen molar-refractivity contribution in [3.63, 3.8) is 0 Å². The van der Waals surface area contributed by atoms with Gasteiger partial charge >= 0.3 is 0 Å². The molecule has 0 saturated carbocycles. The first-order valence-corrected chi connectivity index (χ1v) is 8.72. The standard InChI is InChI=1S/C20H31NO2/c1-8-18(22)16-9-10-17(20(5,6)7)19(15(16)4)21-11-13(2)23-14(3)12-21/h9-10,13-14H,8,11-12H2,1-7H3. The Bertz CT molecular complexity index is 576. The van der Waals surface area contributed by atoms with Gasteiger partial charge in [-0.2, -0.15) is 0 Å². The van der Waals surface area contributed by atoms with Gasteiger partial charge in [0.05, 0.1) is 12.2 Å². The minimum absolute atomic E-state index is 0.0403. The van der Waals surface area contributed by atoms with E-state index < -0.39 is 0 Å². The van der Waals surface area contributed by atoms with Gasteiger partial charge in [-0.1, -0.05) is 39.8 Å². The third-order valence-electron chi connectivity index (χ3n) is 4.60. The third-order valence-corrected chi connectivity index (χ3v) is 4.60. The van der Waals surface area contributed by atoms with Gasteiger partial charge in [0.2, 0.25) is 0 Å². The van der Waals surface area contributed by atoms with Gasteiger partial charge in [-0.3, -0.25) is 4.79 Å². The lowest BCUT2D eigenvalue weighted by Gasteiger charge is -2.40. The Hall–Kier alpha value is -1.35. The molecule has 0 aliphatic carbocycles. The summed E-state index contributed by atoms with van der Waals surface area (Å²) in [6, 6.07) is 4.16. The van der Waals surface area contributed by atoms with Gasteiger partial charge in [-0.15, -0.1) is 0 Å². The van der Waals surface area contributed by atoms with E-state index in [2.05, 4.69) is 52.5 Å². The molecular weight excluding hydrogens is 286 g/mol. The van der Waals surface area contributed by atoms with Crippen molar-refractivity contribution in [2.75, 3.05) is 18.0 Å². The van der Waals surface area contributed by atoms with Crippen LogP contribution in [0.15, 0.2) is 12.1 Å². The Morgan fingerprint density at radius 2 is 1.78 bits per heavy atom. The average Bonchev–Trinajstić information content (AvgIpc) is 2.43. The smallest absolute Gasteiger partial charge is 0.162 e. The summed E-state index contributed by atoms with van der Waals surface area (Å²) >= 11 is 0. The van der Waals surface area contributed by atoms with Gasteiger partial charge < -0.3 is 9.64 Å². The molecule has 2 unspecified atom stereocenters. The number of morpholine rings is 1. The van der Waals surface area contributed by atoms with Crippen molar-refractivity contribution in [1.82, 2.24) is 0 Å². The van der Waals surface area contributed by atoms with Gasteiger partial charge in [-0.05, 0) is 37.3 Å². The third kappa shape index (κ3) is 3.77. The zero-order valence-electron chi connectivity index (χ0n) is 15.7. The van der Waals surface area contributed by atoms with Crippen LogP contribution in [-0.4, -0.2) is 31.1 Å². The second-order valence-corrected chi connectivity index (χ2v) is 7.82. The summed E-state index contributed by atoms with van der Waals surface area (Å²) in [7, 11) is 0. The summed E-state index contributed by atoms with van der Waals surface area (Å²) in [5.41, 5.74) is 4.56. The zero-order valence-corrected chi connectivity index (χ0v) is 15.7. The number of benzene rings is 1. The lowest BCUT2D eigenvalue weighted by atomic mass is 9.82. The lowest BCUT2D eigenvalue weighted by Crippen LogP contribution is -2.46. The number of carbonyl (C=O) groups excluding carboxylic acids is 1. The highest BCUT2D eigenvalue weighted by Gasteiger charge is 2.29. The van der Waals surface area contributed by atoms with E-state index in [0.29, 0.717) is 6.42 Å². The molecule has 23 heavy (non-hydrogen) atoms. The molecule has 1 fully saturated rings. The van der Waals surface area contributed by atoms with Crippen LogP contribution in [0.4, 0.5) is 5.69 Å². The molecule has 1 saturated heterocycles. The fraction of sp³-hybridized carbons (Fsp3) is 0.650. The summed E-state index contributed by atoms with van der Waals surface area (Å²) in [6.45, 7) is 16.7. The Morgan fingerprint density at radius 3 is 2.26 bits per heavy atom. The minimum atomic E-state index is 0.0403. The van der Waals surface area contributed by atoms with E-state index in [1.165, 1.54) is 11.3 Å². The highest BCUT2D eigenvalue weighted by Crippen LogP contribution is 2.37. The summed E-state index contributed by atoms with van der Waals surface area (Å²) in [5.74, 6) is 0.221. The first kappa shape index (κ1) is 18.0. The van der Waals surface area contributed by atoms with Crippen LogP contribution in [-0.2, 0) is 10.2 Å². The molecule has 128 valence electrons. The molecule has 1 heterocycles. The molecule has 0 radical (unpaired) electrons. The van der Waals surface area contributed by atoms with Crippen LogP contribution in [0.25, 0.3) is 0 Å². The van der Waals surface area contributed by atoms with Crippen LogP contribution in [0, 0.1) is 6.92 Å². The molecule has 0 N–H and O–H groups in total. The summed E-state index contributed by atoms with van der Waals surface area (Å²) in [5, 5.41) is 0. The minimum Gasteiger partial charge on any atom is -0.372 e. The largest absolute Gasteiger partial charge is 0.372 e. The van der Waals surface area contributed by atoms with Gasteiger partial charge in [0.15, 0.2) is 5.78 Å². The maximum Gasteiger partial charge on any atom is 0.162 e. The maximum atomic E-state index is 12.3. The topological polar surface area (TPSA) is 29.5 Å². The van der Waals surface area contributed by atoms with Crippen molar-refractivity contribution in [2.45, 2.75) is 72.5 Å². The first-order chi connectivity index (χ1) is 10.6. The lowest BCUT2D eigenvalue weighted by molar-refractivity contribution is -0.00533. The molecule has 3 heteroatoms. The molecule has 1 aliphatic rings. The molecule has 3 nitrogen and oxygen atoms in total. The predicted octanol–water partition coefficient (Wildman–Crippen LogP) is 4.50. The number of hydrogen-bond acceptors (Lipinski definition) is 3. The summed E-state index contributed by atoms with van der Waals surface area (Å²) in [6.07, 6.45) is 0.957. The molecule has 1 aliphatic heterocycles. The van der Waals surface area contributed by atoms with E-state index in [9.17, 15) is 4.79 Å². The van der Waals surface area contributed by atoms with Crippen molar-refractivity contribution in [2.24, 2.45) is 0 Å². The molecule has 0 bridgehead atoms. The van der Waals surface area contributed by atoms with E-state index in [4.69, 9.17) is 4.74 Å². The molecule has 0 aromatic heterocycles. The quantitative estimate of drug-likeness (QED) is 0.769. The number of carbonyl (C=O) groups is 1. The normalized spacial score (nSPS) is 22.3. The Labute approximate surface area is 141 Å². The van der Waals surface area contributed by atoms with Gasteiger partial charge in [0.25, 0.3) is 0 Å². The number of Topliss-reactive ketones (excluding diaryl/α,β-unsaturated/α-hetero) is 1. The fourth-order valence-corrected chi connectivity index (χ4v) is 3.57. The summed E-state index contributed by atoms with van der Waals surface area (Å²) < 4.78 is 5.89. The molecule has 2 rings (SSSR count). The maximum absolute atomic E-state index is 12.3. The van der Waals surface area contributed by atoms with Crippen molar-refractivity contribution in [3.8, 4) is 0 Å².